The third-order valence-electron chi connectivity index (χ3n) is 6.68. The standard InChI is InChI=1S/C28H31N5O4S/c1-28(2,20-8-10-21(36-3)11-9-20)30-26(35)23-16-22-24(31-32-27(22)38-23)29-25(34)19-6-4-18(5-7-19)17-33-12-14-37-15-13-33/h4-11,16H,12-15,17H2,1-3H3,(H,30,35)(H2,29,31,32,34). The first-order valence-corrected chi connectivity index (χ1v) is 13.3. The highest BCUT2D eigenvalue weighted by atomic mass is 32.1. The van der Waals surface area contributed by atoms with Crippen LogP contribution in [0, 0.1) is 0 Å². The normalized spacial score (nSPS) is 14.4. The molecule has 0 saturated carbocycles. The second kappa shape index (κ2) is 10.9. The van der Waals surface area contributed by atoms with E-state index in [-0.39, 0.29) is 11.8 Å². The molecule has 1 aliphatic heterocycles. The average molecular weight is 534 g/mol. The lowest BCUT2D eigenvalue weighted by molar-refractivity contribution is 0.0342. The van der Waals surface area contributed by atoms with Gasteiger partial charge in [-0.3, -0.25) is 19.6 Å². The fourth-order valence-corrected chi connectivity index (χ4v) is 5.30. The van der Waals surface area contributed by atoms with Crippen LogP contribution in [0.1, 0.15) is 45.0 Å². The number of nitrogens with one attached hydrogen (secondary N) is 3. The third-order valence-corrected chi connectivity index (χ3v) is 7.70. The first kappa shape index (κ1) is 25.9. The van der Waals surface area contributed by atoms with Crippen LogP contribution in [0.4, 0.5) is 5.82 Å². The van der Waals surface area contributed by atoms with E-state index in [4.69, 9.17) is 9.47 Å². The number of benzene rings is 2. The number of thiophene rings is 1. The number of carbonyl (C=O) groups is 2. The van der Waals surface area contributed by atoms with Gasteiger partial charge in [-0.1, -0.05) is 24.3 Å². The van der Waals surface area contributed by atoms with E-state index in [1.54, 1.807) is 13.2 Å². The van der Waals surface area contributed by atoms with Crippen molar-refractivity contribution >= 4 is 39.2 Å². The molecule has 0 atom stereocenters. The van der Waals surface area contributed by atoms with E-state index in [9.17, 15) is 9.59 Å². The van der Waals surface area contributed by atoms with Crippen LogP contribution >= 0.6 is 11.3 Å². The highest BCUT2D eigenvalue weighted by Gasteiger charge is 2.25. The van der Waals surface area contributed by atoms with Crippen molar-refractivity contribution in [2.45, 2.75) is 25.9 Å². The summed E-state index contributed by atoms with van der Waals surface area (Å²) in [4.78, 5) is 29.5. The van der Waals surface area contributed by atoms with Crippen LogP contribution in [-0.2, 0) is 16.8 Å². The quantitative estimate of drug-likeness (QED) is 0.310. The van der Waals surface area contributed by atoms with Gasteiger partial charge in [0, 0.05) is 25.2 Å². The van der Waals surface area contributed by atoms with E-state index in [2.05, 4.69) is 25.7 Å². The maximum absolute atomic E-state index is 13.1. The number of hydrogen-bond donors (Lipinski definition) is 3. The maximum atomic E-state index is 13.1. The monoisotopic (exact) mass is 533 g/mol. The Labute approximate surface area is 225 Å². The van der Waals surface area contributed by atoms with Crippen molar-refractivity contribution in [1.29, 1.82) is 0 Å². The Morgan fingerprint density at radius 2 is 1.79 bits per heavy atom. The van der Waals surface area contributed by atoms with Crippen molar-refractivity contribution in [2.75, 3.05) is 38.7 Å². The van der Waals surface area contributed by atoms with Crippen LogP contribution in [0.5, 0.6) is 5.75 Å². The number of anilines is 1. The molecule has 1 saturated heterocycles. The molecule has 0 bridgehead atoms. The zero-order chi connectivity index (χ0) is 26.7. The van der Waals surface area contributed by atoms with Gasteiger partial charge in [-0.25, -0.2) is 0 Å². The Morgan fingerprint density at radius 1 is 1.08 bits per heavy atom. The van der Waals surface area contributed by atoms with Crippen molar-refractivity contribution in [3.63, 3.8) is 0 Å². The minimum absolute atomic E-state index is 0.207. The molecule has 0 radical (unpaired) electrons. The van der Waals surface area contributed by atoms with Crippen molar-refractivity contribution in [1.82, 2.24) is 20.4 Å². The van der Waals surface area contributed by atoms with Gasteiger partial charge in [0.25, 0.3) is 11.8 Å². The number of nitrogens with zero attached hydrogens (tertiary/aromatic N) is 2. The second-order valence-corrected chi connectivity index (χ2v) is 10.8. The summed E-state index contributed by atoms with van der Waals surface area (Å²) in [6.45, 7) is 8.07. The Bertz CT molecular complexity index is 1420. The topological polar surface area (TPSA) is 109 Å². The molecule has 9 nitrogen and oxygen atoms in total. The van der Waals surface area contributed by atoms with Crippen LogP contribution in [0.3, 0.4) is 0 Å². The number of aromatic amines is 1. The number of ether oxygens (including phenoxy) is 2. The molecule has 4 aromatic rings. The number of rotatable bonds is 8. The molecule has 0 aliphatic carbocycles. The first-order chi connectivity index (χ1) is 18.3. The molecule has 1 fully saturated rings. The zero-order valence-corrected chi connectivity index (χ0v) is 22.5. The van der Waals surface area contributed by atoms with Gasteiger partial charge in [0.05, 0.1) is 36.1 Å². The Kier molecular flexibility index (Phi) is 7.46. The van der Waals surface area contributed by atoms with Gasteiger partial charge in [0.15, 0.2) is 0 Å². The number of carbonyl (C=O) groups excluding carboxylic acids is 2. The van der Waals surface area contributed by atoms with E-state index in [0.29, 0.717) is 26.5 Å². The van der Waals surface area contributed by atoms with Crippen LogP contribution in [0.25, 0.3) is 10.2 Å². The van der Waals surface area contributed by atoms with Gasteiger partial charge >= 0.3 is 0 Å². The Balaban J connectivity index is 1.24. The number of fused-ring (bicyclic) bond motifs is 1. The molecule has 1 aliphatic rings. The van der Waals surface area contributed by atoms with Crippen LogP contribution in [0.2, 0.25) is 0 Å². The van der Waals surface area contributed by atoms with Crippen molar-refractivity contribution < 1.29 is 19.1 Å². The lowest BCUT2D eigenvalue weighted by Gasteiger charge is -2.26. The summed E-state index contributed by atoms with van der Waals surface area (Å²) in [6, 6.07) is 17.0. The van der Waals surface area contributed by atoms with Gasteiger partial charge < -0.3 is 20.1 Å². The molecule has 198 valence electrons. The van der Waals surface area contributed by atoms with E-state index in [1.807, 2.05) is 62.4 Å². The highest BCUT2D eigenvalue weighted by Crippen LogP contribution is 2.31. The maximum Gasteiger partial charge on any atom is 0.262 e. The molecule has 2 aromatic heterocycles. The van der Waals surface area contributed by atoms with Crippen LogP contribution in [0.15, 0.2) is 54.6 Å². The predicted octanol–water partition coefficient (Wildman–Crippen LogP) is 4.38. The summed E-state index contributed by atoms with van der Waals surface area (Å²) in [6.07, 6.45) is 0. The van der Waals surface area contributed by atoms with Crippen molar-refractivity contribution in [2.24, 2.45) is 0 Å². The molecular weight excluding hydrogens is 502 g/mol. The van der Waals surface area contributed by atoms with E-state index < -0.39 is 5.54 Å². The van der Waals surface area contributed by atoms with Gasteiger partial charge in [0.2, 0.25) is 0 Å². The second-order valence-electron chi connectivity index (χ2n) is 9.78. The number of hydrogen-bond acceptors (Lipinski definition) is 7. The molecule has 2 aromatic carbocycles. The summed E-state index contributed by atoms with van der Waals surface area (Å²) in [7, 11) is 1.62. The summed E-state index contributed by atoms with van der Waals surface area (Å²) in [5.41, 5.74) is 2.06. The van der Waals surface area contributed by atoms with E-state index >= 15 is 0 Å². The van der Waals surface area contributed by atoms with Crippen molar-refractivity contribution in [3.05, 3.63) is 76.2 Å². The minimum Gasteiger partial charge on any atom is -0.497 e. The predicted molar refractivity (Wildman–Crippen MR) is 148 cm³/mol. The summed E-state index contributed by atoms with van der Waals surface area (Å²) in [5, 5.41) is 13.9. The molecule has 3 heterocycles. The smallest absolute Gasteiger partial charge is 0.262 e. The molecule has 10 heteroatoms. The number of morpholine rings is 1. The Morgan fingerprint density at radius 3 is 2.47 bits per heavy atom. The average Bonchev–Trinajstić information content (AvgIpc) is 3.51. The van der Waals surface area contributed by atoms with Gasteiger partial charge in [-0.05, 0) is 55.3 Å². The number of aromatic nitrogens is 2. The number of amides is 2. The lowest BCUT2D eigenvalue weighted by atomic mass is 9.94. The fourth-order valence-electron chi connectivity index (χ4n) is 4.41. The SMILES string of the molecule is COc1ccc(C(C)(C)NC(=O)c2cc3c(NC(=O)c4ccc(CN5CCOCC5)cc4)[nH]nc3s2)cc1. The van der Waals surface area contributed by atoms with Gasteiger partial charge in [-0.2, -0.15) is 5.10 Å². The zero-order valence-electron chi connectivity index (χ0n) is 21.7. The largest absolute Gasteiger partial charge is 0.497 e. The number of methoxy groups -OCH3 is 1. The fraction of sp³-hybridized carbons (Fsp3) is 0.321. The van der Waals surface area contributed by atoms with Crippen molar-refractivity contribution in [3.8, 4) is 5.75 Å². The summed E-state index contributed by atoms with van der Waals surface area (Å²) < 4.78 is 10.6. The minimum atomic E-state index is -0.595. The third kappa shape index (κ3) is 5.72. The number of H-pyrrole nitrogens is 1. The van der Waals surface area contributed by atoms with E-state index in [0.717, 1.165) is 49.7 Å². The lowest BCUT2D eigenvalue weighted by Crippen LogP contribution is -2.40. The summed E-state index contributed by atoms with van der Waals surface area (Å²) in [5.74, 6) is 0.772. The highest BCUT2D eigenvalue weighted by molar-refractivity contribution is 7.20. The Hall–Kier alpha value is -3.73. The summed E-state index contributed by atoms with van der Waals surface area (Å²) >= 11 is 1.27. The first-order valence-electron chi connectivity index (χ1n) is 12.5. The molecule has 0 unspecified atom stereocenters. The van der Waals surface area contributed by atoms with E-state index in [1.165, 1.54) is 11.3 Å². The van der Waals surface area contributed by atoms with Gasteiger partial charge in [0.1, 0.15) is 16.4 Å². The molecule has 5 rings (SSSR count). The van der Waals surface area contributed by atoms with Crippen LogP contribution < -0.4 is 15.4 Å². The molecule has 3 N–H and O–H groups in total. The molecule has 0 spiro atoms. The van der Waals surface area contributed by atoms with Crippen LogP contribution in [-0.4, -0.2) is 60.3 Å². The van der Waals surface area contributed by atoms with Gasteiger partial charge in [-0.15, -0.1) is 11.3 Å². The molecule has 38 heavy (non-hydrogen) atoms. The molecule has 2 amide bonds. The molecular formula is C28H31N5O4S.